The van der Waals surface area contributed by atoms with Crippen molar-refractivity contribution in [3.05, 3.63) is 35.4 Å². The van der Waals surface area contributed by atoms with Crippen molar-refractivity contribution in [2.75, 3.05) is 7.11 Å². The lowest BCUT2D eigenvalue weighted by Crippen LogP contribution is -2.05. The van der Waals surface area contributed by atoms with Gasteiger partial charge in [0.15, 0.2) is 0 Å². The number of hydrogen-bond donors (Lipinski definition) is 0. The molecular weight excluding hydrogens is 216 g/mol. The van der Waals surface area contributed by atoms with E-state index in [1.807, 2.05) is 4.40 Å². The van der Waals surface area contributed by atoms with Gasteiger partial charge in [0.05, 0.1) is 31.1 Å². The molecule has 2 aromatic rings. The van der Waals surface area contributed by atoms with Gasteiger partial charge in [-0.25, -0.2) is 4.98 Å². The molecule has 0 N–H and O–H groups in total. The molecule has 0 aromatic carbocycles. The van der Waals surface area contributed by atoms with Crippen LogP contribution in [-0.2, 0) is 16.0 Å². The first-order chi connectivity index (χ1) is 7.20. The Bertz CT molecular complexity index is 507. The summed E-state index contributed by atoms with van der Waals surface area (Å²) in [6, 6.07) is 3.53. The standard InChI is InChI=1S/C10H9ClN2O2/c1-15-10(14)5-8-9-4-7(11)2-3-13(9)6-12-8/h2-4,6H,5H2,1H3. The minimum absolute atomic E-state index is 0.160. The van der Waals surface area contributed by atoms with E-state index >= 15 is 0 Å². The number of imidazole rings is 1. The molecule has 0 aliphatic carbocycles. The Hall–Kier alpha value is -1.55. The Kier molecular flexibility index (Phi) is 2.60. The van der Waals surface area contributed by atoms with E-state index in [1.165, 1.54) is 7.11 Å². The van der Waals surface area contributed by atoms with Crippen LogP contribution in [0, 0.1) is 0 Å². The first-order valence-corrected chi connectivity index (χ1v) is 4.76. The Balaban J connectivity index is 2.43. The number of esters is 1. The molecular formula is C10H9ClN2O2. The van der Waals surface area contributed by atoms with Crippen molar-refractivity contribution in [1.82, 2.24) is 9.38 Å². The maximum atomic E-state index is 11.1. The molecule has 4 nitrogen and oxygen atoms in total. The summed E-state index contributed by atoms with van der Waals surface area (Å²) in [6.45, 7) is 0. The van der Waals surface area contributed by atoms with Gasteiger partial charge in [-0.1, -0.05) is 11.6 Å². The number of ether oxygens (including phenoxy) is 1. The maximum absolute atomic E-state index is 11.1. The van der Waals surface area contributed by atoms with E-state index in [0.29, 0.717) is 10.7 Å². The van der Waals surface area contributed by atoms with Crippen LogP contribution in [0.4, 0.5) is 0 Å². The van der Waals surface area contributed by atoms with Crippen LogP contribution in [-0.4, -0.2) is 22.5 Å². The number of fused-ring (bicyclic) bond motifs is 1. The van der Waals surface area contributed by atoms with Crippen molar-refractivity contribution in [2.24, 2.45) is 0 Å². The normalized spacial score (nSPS) is 10.5. The number of rotatable bonds is 2. The van der Waals surface area contributed by atoms with Crippen LogP contribution in [0.1, 0.15) is 5.69 Å². The largest absolute Gasteiger partial charge is 0.469 e. The van der Waals surface area contributed by atoms with Gasteiger partial charge in [-0.2, -0.15) is 0 Å². The molecule has 0 unspecified atom stereocenters. The Morgan fingerprint density at radius 2 is 2.47 bits per heavy atom. The zero-order valence-electron chi connectivity index (χ0n) is 8.11. The highest BCUT2D eigenvalue weighted by Crippen LogP contribution is 2.16. The van der Waals surface area contributed by atoms with E-state index in [2.05, 4.69) is 9.72 Å². The van der Waals surface area contributed by atoms with Crippen LogP contribution >= 0.6 is 11.6 Å². The van der Waals surface area contributed by atoms with Gasteiger partial charge in [0.25, 0.3) is 0 Å². The van der Waals surface area contributed by atoms with Crippen molar-refractivity contribution in [3.8, 4) is 0 Å². The van der Waals surface area contributed by atoms with Crippen molar-refractivity contribution in [3.63, 3.8) is 0 Å². The van der Waals surface area contributed by atoms with E-state index in [-0.39, 0.29) is 12.4 Å². The minimum atomic E-state index is -0.310. The van der Waals surface area contributed by atoms with Crippen LogP contribution in [0.2, 0.25) is 5.02 Å². The van der Waals surface area contributed by atoms with E-state index in [1.54, 1.807) is 24.7 Å². The Morgan fingerprint density at radius 3 is 3.20 bits per heavy atom. The number of carbonyl (C=O) groups excluding carboxylic acids is 1. The molecule has 0 fully saturated rings. The summed E-state index contributed by atoms with van der Waals surface area (Å²) < 4.78 is 6.39. The van der Waals surface area contributed by atoms with Gasteiger partial charge in [-0.3, -0.25) is 4.79 Å². The molecule has 0 radical (unpaired) electrons. The number of pyridine rings is 1. The Morgan fingerprint density at radius 1 is 1.67 bits per heavy atom. The highest BCUT2D eigenvalue weighted by Gasteiger charge is 2.09. The molecule has 0 amide bonds. The predicted octanol–water partition coefficient (Wildman–Crippen LogP) is 1.70. The average Bonchev–Trinajstić information content (AvgIpc) is 2.61. The molecule has 0 spiro atoms. The van der Waals surface area contributed by atoms with E-state index < -0.39 is 0 Å². The lowest BCUT2D eigenvalue weighted by Gasteiger charge is -1.98. The fraction of sp³-hybridized carbons (Fsp3) is 0.200. The third-order valence-electron chi connectivity index (χ3n) is 2.12. The molecule has 15 heavy (non-hydrogen) atoms. The second-order valence-electron chi connectivity index (χ2n) is 3.08. The van der Waals surface area contributed by atoms with E-state index in [4.69, 9.17) is 11.6 Å². The van der Waals surface area contributed by atoms with Crippen LogP contribution < -0.4 is 0 Å². The summed E-state index contributed by atoms with van der Waals surface area (Å²) in [7, 11) is 1.35. The summed E-state index contributed by atoms with van der Waals surface area (Å²) >= 11 is 5.86. The lowest BCUT2D eigenvalue weighted by molar-refractivity contribution is -0.139. The van der Waals surface area contributed by atoms with Crippen molar-refractivity contribution >= 4 is 23.1 Å². The lowest BCUT2D eigenvalue weighted by atomic mass is 10.2. The number of halogens is 1. The molecule has 0 bridgehead atoms. The van der Waals surface area contributed by atoms with Gasteiger partial charge >= 0.3 is 5.97 Å². The predicted molar refractivity (Wildman–Crippen MR) is 55.9 cm³/mol. The van der Waals surface area contributed by atoms with Gasteiger partial charge in [0.2, 0.25) is 0 Å². The third kappa shape index (κ3) is 1.94. The molecule has 78 valence electrons. The fourth-order valence-corrected chi connectivity index (χ4v) is 1.52. The monoisotopic (exact) mass is 224 g/mol. The smallest absolute Gasteiger partial charge is 0.311 e. The number of nitrogens with zero attached hydrogens (tertiary/aromatic N) is 2. The van der Waals surface area contributed by atoms with Gasteiger partial charge in [0.1, 0.15) is 0 Å². The van der Waals surface area contributed by atoms with Crippen LogP contribution in [0.15, 0.2) is 24.7 Å². The summed E-state index contributed by atoms with van der Waals surface area (Å²) in [4.78, 5) is 15.2. The van der Waals surface area contributed by atoms with Crippen LogP contribution in [0.5, 0.6) is 0 Å². The van der Waals surface area contributed by atoms with Gasteiger partial charge in [-0.15, -0.1) is 0 Å². The maximum Gasteiger partial charge on any atom is 0.311 e. The zero-order chi connectivity index (χ0) is 10.8. The van der Waals surface area contributed by atoms with Crippen LogP contribution in [0.3, 0.4) is 0 Å². The van der Waals surface area contributed by atoms with E-state index in [0.717, 1.165) is 5.52 Å². The van der Waals surface area contributed by atoms with Gasteiger partial charge in [-0.05, 0) is 12.1 Å². The Labute approximate surface area is 91.4 Å². The number of hydrogen-bond acceptors (Lipinski definition) is 3. The summed E-state index contributed by atoms with van der Waals surface area (Å²) in [5, 5.41) is 0.620. The zero-order valence-corrected chi connectivity index (χ0v) is 8.86. The topological polar surface area (TPSA) is 43.6 Å². The fourth-order valence-electron chi connectivity index (χ4n) is 1.36. The van der Waals surface area contributed by atoms with Crippen molar-refractivity contribution in [2.45, 2.75) is 6.42 Å². The summed E-state index contributed by atoms with van der Waals surface area (Å²) in [5.74, 6) is -0.310. The molecule has 5 heteroatoms. The number of carbonyl (C=O) groups is 1. The van der Waals surface area contributed by atoms with Crippen LogP contribution in [0.25, 0.3) is 5.52 Å². The summed E-state index contributed by atoms with van der Waals surface area (Å²) in [6.07, 6.45) is 3.60. The number of methoxy groups -OCH3 is 1. The highest BCUT2D eigenvalue weighted by atomic mass is 35.5. The first kappa shape index (κ1) is 9.98. The SMILES string of the molecule is COC(=O)Cc1ncn2ccc(Cl)cc12. The molecule has 2 rings (SSSR count). The highest BCUT2D eigenvalue weighted by molar-refractivity contribution is 6.30. The number of aromatic nitrogens is 2. The quantitative estimate of drug-likeness (QED) is 0.730. The molecule has 0 atom stereocenters. The molecule has 0 saturated heterocycles. The third-order valence-corrected chi connectivity index (χ3v) is 2.36. The van der Waals surface area contributed by atoms with E-state index in [9.17, 15) is 4.79 Å². The molecule has 0 aliphatic heterocycles. The molecule has 2 aromatic heterocycles. The molecule has 2 heterocycles. The molecule has 0 saturated carbocycles. The first-order valence-electron chi connectivity index (χ1n) is 4.38. The second kappa shape index (κ2) is 3.90. The van der Waals surface area contributed by atoms with Crippen molar-refractivity contribution < 1.29 is 9.53 Å². The second-order valence-corrected chi connectivity index (χ2v) is 3.52. The average molecular weight is 225 g/mol. The molecule has 0 aliphatic rings. The summed E-state index contributed by atoms with van der Waals surface area (Å²) in [5.41, 5.74) is 1.50. The van der Waals surface area contributed by atoms with Crippen molar-refractivity contribution in [1.29, 1.82) is 0 Å². The van der Waals surface area contributed by atoms with Gasteiger partial charge in [0, 0.05) is 11.2 Å². The minimum Gasteiger partial charge on any atom is -0.469 e. The van der Waals surface area contributed by atoms with Gasteiger partial charge < -0.3 is 9.14 Å².